The van der Waals surface area contributed by atoms with E-state index in [0.717, 1.165) is 6.42 Å². The summed E-state index contributed by atoms with van der Waals surface area (Å²) in [4.78, 5) is 0. The van der Waals surface area contributed by atoms with Gasteiger partial charge < -0.3 is 15.9 Å². The van der Waals surface area contributed by atoms with E-state index in [-0.39, 0.29) is 0 Å². The number of nitrogens with two attached hydrogens (primary N) is 1. The Kier molecular flexibility index (Phi) is 3.77. The minimum Gasteiger partial charge on any atom is -0.367 e. The minimum atomic E-state index is -1.35. The Labute approximate surface area is 49.1 Å². The predicted octanol–water partition coefficient (Wildman–Crippen LogP) is -0.575. The quantitative estimate of drug-likeness (QED) is 0.436. The van der Waals surface area contributed by atoms with Gasteiger partial charge in [0.2, 0.25) is 0 Å². The normalized spacial score (nSPS) is 14.6. The van der Waals surface area contributed by atoms with Crippen molar-refractivity contribution in [3.63, 3.8) is 0 Å². The number of aliphatic hydroxyl groups excluding tert-OH is 1. The van der Waals surface area contributed by atoms with Crippen LogP contribution in [0.25, 0.3) is 0 Å². The van der Waals surface area contributed by atoms with Gasteiger partial charge in [-0.05, 0) is 6.42 Å². The minimum absolute atomic E-state index is 0.472. The van der Waals surface area contributed by atoms with Crippen LogP contribution < -0.4 is 5.73 Å². The molecule has 1 atom stereocenters. The average molecular weight is 119 g/mol. The molecule has 0 saturated heterocycles. The molecule has 0 aromatic heterocycles. The fourth-order valence-electron chi connectivity index (χ4n) is 0.482. The van der Waals surface area contributed by atoms with E-state index in [4.69, 9.17) is 15.9 Å². The monoisotopic (exact) mass is 119 g/mol. The lowest BCUT2D eigenvalue weighted by Crippen LogP contribution is -2.33. The highest BCUT2D eigenvalue weighted by molar-refractivity contribution is 4.60. The summed E-state index contributed by atoms with van der Waals surface area (Å²) in [5, 5.41) is 16.8. The van der Waals surface area contributed by atoms with Crippen molar-refractivity contribution in [3.05, 3.63) is 0 Å². The van der Waals surface area contributed by atoms with E-state index in [1.807, 2.05) is 6.92 Å². The molecule has 0 aliphatic rings. The molecule has 0 rings (SSSR count). The highest BCUT2D eigenvalue weighted by Crippen LogP contribution is 1.95. The van der Waals surface area contributed by atoms with Crippen LogP contribution in [0.15, 0.2) is 0 Å². The highest BCUT2D eigenvalue weighted by Gasteiger charge is 2.07. The molecule has 50 valence electrons. The van der Waals surface area contributed by atoms with Crippen molar-refractivity contribution in [1.29, 1.82) is 0 Å². The average Bonchev–Trinajstić information content (AvgIpc) is 1.67. The molecule has 0 aliphatic carbocycles. The number of hydrogen-bond donors (Lipinski definition) is 3. The van der Waals surface area contributed by atoms with Gasteiger partial charge in [0, 0.05) is 0 Å². The fourth-order valence-corrected chi connectivity index (χ4v) is 0.482. The second kappa shape index (κ2) is 3.83. The largest absolute Gasteiger partial charge is 0.367 e. The smallest absolute Gasteiger partial charge is 0.166 e. The molecule has 0 radical (unpaired) electrons. The molecule has 0 aromatic rings. The summed E-state index contributed by atoms with van der Waals surface area (Å²) in [5.74, 6) is 0. The van der Waals surface area contributed by atoms with Crippen LogP contribution in [0, 0.1) is 0 Å². The van der Waals surface area contributed by atoms with Crippen molar-refractivity contribution < 1.29 is 10.2 Å². The van der Waals surface area contributed by atoms with Gasteiger partial charge in [-0.2, -0.15) is 0 Å². The standard InChI is InChI=1S/C5H13NO2/c1-2-3-4(6)5(7)8/h4-5,7-8H,2-3,6H2,1H3/t4-/m1/s1. The van der Waals surface area contributed by atoms with E-state index in [1.165, 1.54) is 0 Å². The summed E-state index contributed by atoms with van der Waals surface area (Å²) in [5.41, 5.74) is 5.23. The Balaban J connectivity index is 3.17. The van der Waals surface area contributed by atoms with Gasteiger partial charge in [-0.3, -0.25) is 0 Å². The molecule has 0 saturated carbocycles. The summed E-state index contributed by atoms with van der Waals surface area (Å²) in [6.45, 7) is 1.95. The Morgan fingerprint density at radius 3 is 2.12 bits per heavy atom. The number of aliphatic hydroxyl groups is 2. The van der Waals surface area contributed by atoms with E-state index in [0.29, 0.717) is 6.42 Å². The summed E-state index contributed by atoms with van der Waals surface area (Å²) in [6, 6.07) is -0.472. The van der Waals surface area contributed by atoms with Crippen LogP contribution in [-0.2, 0) is 0 Å². The maximum Gasteiger partial charge on any atom is 0.166 e. The predicted molar refractivity (Wildman–Crippen MR) is 31.1 cm³/mol. The van der Waals surface area contributed by atoms with E-state index in [1.54, 1.807) is 0 Å². The molecule has 0 fully saturated rings. The number of hydrogen-bond acceptors (Lipinski definition) is 3. The van der Waals surface area contributed by atoms with Crippen LogP contribution in [0.2, 0.25) is 0 Å². The maximum atomic E-state index is 8.38. The zero-order chi connectivity index (χ0) is 6.57. The van der Waals surface area contributed by atoms with Gasteiger partial charge in [-0.15, -0.1) is 0 Å². The maximum absolute atomic E-state index is 8.38. The van der Waals surface area contributed by atoms with E-state index in [2.05, 4.69) is 0 Å². The van der Waals surface area contributed by atoms with E-state index >= 15 is 0 Å². The van der Waals surface area contributed by atoms with Crippen LogP contribution in [-0.4, -0.2) is 22.5 Å². The summed E-state index contributed by atoms with van der Waals surface area (Å²) in [6.07, 6.45) is 0.200. The van der Waals surface area contributed by atoms with Crippen molar-refractivity contribution in [3.8, 4) is 0 Å². The second-order valence-corrected chi connectivity index (χ2v) is 1.87. The third-order valence-electron chi connectivity index (χ3n) is 1.00. The van der Waals surface area contributed by atoms with Crippen LogP contribution in [0.4, 0.5) is 0 Å². The fraction of sp³-hybridized carbons (Fsp3) is 1.00. The van der Waals surface area contributed by atoms with Gasteiger partial charge in [0.1, 0.15) is 0 Å². The molecule has 0 aliphatic heterocycles. The highest BCUT2D eigenvalue weighted by atomic mass is 16.5. The zero-order valence-electron chi connectivity index (χ0n) is 5.04. The molecular formula is C5H13NO2. The molecule has 0 heterocycles. The Morgan fingerprint density at radius 2 is 2.00 bits per heavy atom. The Morgan fingerprint density at radius 1 is 1.50 bits per heavy atom. The van der Waals surface area contributed by atoms with Crippen LogP contribution in [0.5, 0.6) is 0 Å². The van der Waals surface area contributed by atoms with Gasteiger partial charge in [0.25, 0.3) is 0 Å². The van der Waals surface area contributed by atoms with E-state index < -0.39 is 12.3 Å². The third-order valence-corrected chi connectivity index (χ3v) is 1.00. The van der Waals surface area contributed by atoms with Crippen LogP contribution >= 0.6 is 0 Å². The SMILES string of the molecule is CCC[C@@H](N)C(O)O. The first kappa shape index (κ1) is 7.88. The lowest BCUT2D eigenvalue weighted by molar-refractivity contribution is -0.0596. The van der Waals surface area contributed by atoms with Crippen molar-refractivity contribution in [1.82, 2.24) is 0 Å². The van der Waals surface area contributed by atoms with Crippen molar-refractivity contribution in [2.24, 2.45) is 5.73 Å². The molecule has 0 spiro atoms. The molecule has 0 unspecified atom stereocenters. The molecule has 0 amide bonds. The van der Waals surface area contributed by atoms with Crippen molar-refractivity contribution in [2.45, 2.75) is 32.1 Å². The first-order valence-corrected chi connectivity index (χ1v) is 2.80. The van der Waals surface area contributed by atoms with Crippen LogP contribution in [0.3, 0.4) is 0 Å². The van der Waals surface area contributed by atoms with Crippen LogP contribution in [0.1, 0.15) is 19.8 Å². The summed E-state index contributed by atoms with van der Waals surface area (Å²) < 4.78 is 0. The Hall–Kier alpha value is -0.120. The lowest BCUT2D eigenvalue weighted by Gasteiger charge is -2.10. The molecule has 8 heavy (non-hydrogen) atoms. The molecule has 0 bridgehead atoms. The number of rotatable bonds is 3. The summed E-state index contributed by atoms with van der Waals surface area (Å²) in [7, 11) is 0. The first-order chi connectivity index (χ1) is 3.68. The van der Waals surface area contributed by atoms with Gasteiger partial charge in [-0.1, -0.05) is 13.3 Å². The van der Waals surface area contributed by atoms with Gasteiger partial charge in [0.05, 0.1) is 6.04 Å². The van der Waals surface area contributed by atoms with Gasteiger partial charge >= 0.3 is 0 Å². The third kappa shape index (κ3) is 2.96. The van der Waals surface area contributed by atoms with Crippen molar-refractivity contribution >= 4 is 0 Å². The zero-order valence-corrected chi connectivity index (χ0v) is 5.04. The topological polar surface area (TPSA) is 66.5 Å². The second-order valence-electron chi connectivity index (χ2n) is 1.87. The molecule has 0 aromatic carbocycles. The van der Waals surface area contributed by atoms with Gasteiger partial charge in [-0.25, -0.2) is 0 Å². The Bertz CT molecular complexity index is 56.4. The summed E-state index contributed by atoms with van der Waals surface area (Å²) >= 11 is 0. The molecule has 3 heteroatoms. The van der Waals surface area contributed by atoms with Crippen molar-refractivity contribution in [2.75, 3.05) is 0 Å². The first-order valence-electron chi connectivity index (χ1n) is 2.80. The van der Waals surface area contributed by atoms with E-state index in [9.17, 15) is 0 Å². The molecule has 4 N–H and O–H groups in total. The molecular weight excluding hydrogens is 106 g/mol. The van der Waals surface area contributed by atoms with Gasteiger partial charge in [0.15, 0.2) is 6.29 Å². The molecule has 3 nitrogen and oxygen atoms in total. The lowest BCUT2D eigenvalue weighted by atomic mass is 10.2.